The van der Waals surface area contributed by atoms with Crippen molar-refractivity contribution < 1.29 is 4.79 Å². The molecule has 0 unspecified atom stereocenters. The Balaban J connectivity index is 2.34. The van der Waals surface area contributed by atoms with E-state index in [-0.39, 0.29) is 5.91 Å². The van der Waals surface area contributed by atoms with Gasteiger partial charge in [0, 0.05) is 24.3 Å². The predicted octanol–water partition coefficient (Wildman–Crippen LogP) is 3.91. The molecule has 0 fully saturated rings. The molecule has 0 aliphatic rings. The van der Waals surface area contributed by atoms with Crippen LogP contribution in [0.5, 0.6) is 0 Å². The van der Waals surface area contributed by atoms with E-state index >= 15 is 0 Å². The van der Waals surface area contributed by atoms with Crippen LogP contribution in [0.3, 0.4) is 0 Å². The van der Waals surface area contributed by atoms with Gasteiger partial charge in [0.05, 0.1) is 0 Å². The molecule has 0 aromatic carbocycles. The van der Waals surface area contributed by atoms with Gasteiger partial charge in [0.1, 0.15) is 5.82 Å². The lowest BCUT2D eigenvalue weighted by atomic mass is 10.1. The van der Waals surface area contributed by atoms with Crippen molar-refractivity contribution in [2.75, 3.05) is 18.4 Å². The Morgan fingerprint density at radius 1 is 1.10 bits per heavy atom. The first kappa shape index (κ1) is 17.5. The zero-order valence-electron chi connectivity index (χ0n) is 13.7. The number of carbonyl (C=O) groups is 1. The van der Waals surface area contributed by atoms with E-state index in [0.29, 0.717) is 5.56 Å². The number of nitrogens with one attached hydrogen (secondary N) is 2. The fraction of sp³-hybridized carbons (Fsp3) is 0.647. The molecular weight excluding hydrogens is 262 g/mol. The van der Waals surface area contributed by atoms with Gasteiger partial charge in [-0.1, -0.05) is 39.0 Å². The summed E-state index contributed by atoms with van der Waals surface area (Å²) in [6.07, 6.45) is 7.41. The van der Waals surface area contributed by atoms with Crippen molar-refractivity contribution >= 4 is 11.7 Å². The van der Waals surface area contributed by atoms with Crippen molar-refractivity contribution in [1.29, 1.82) is 0 Å². The van der Waals surface area contributed by atoms with Crippen molar-refractivity contribution in [3.05, 3.63) is 23.4 Å². The fourth-order valence-electron chi connectivity index (χ4n) is 2.28. The zero-order chi connectivity index (χ0) is 15.5. The summed E-state index contributed by atoms with van der Waals surface area (Å²) in [6.45, 7) is 7.70. The molecule has 0 aliphatic heterocycles. The molecule has 1 rings (SSSR count). The van der Waals surface area contributed by atoms with E-state index in [0.717, 1.165) is 31.0 Å². The molecule has 1 heterocycles. The van der Waals surface area contributed by atoms with Crippen LogP contribution in [0.4, 0.5) is 5.82 Å². The number of carbonyl (C=O) groups excluding carboxylic acids is 1. The molecule has 2 N–H and O–H groups in total. The first-order valence-electron chi connectivity index (χ1n) is 8.18. The van der Waals surface area contributed by atoms with E-state index in [1.165, 1.54) is 32.1 Å². The maximum atomic E-state index is 12.1. The fourth-order valence-corrected chi connectivity index (χ4v) is 2.28. The third-order valence-electron chi connectivity index (χ3n) is 3.39. The maximum Gasteiger partial charge on any atom is 0.251 e. The Kier molecular flexibility index (Phi) is 8.48. The van der Waals surface area contributed by atoms with Gasteiger partial charge in [-0.05, 0) is 32.4 Å². The number of unbranched alkanes of at least 4 members (excludes halogenated alkanes) is 5. The lowest BCUT2D eigenvalue weighted by molar-refractivity contribution is 0.0952. The molecule has 0 aliphatic carbocycles. The van der Waals surface area contributed by atoms with E-state index in [9.17, 15) is 4.79 Å². The summed E-state index contributed by atoms with van der Waals surface area (Å²) in [5, 5.41) is 6.14. The van der Waals surface area contributed by atoms with E-state index in [1.807, 2.05) is 26.0 Å². The van der Waals surface area contributed by atoms with E-state index in [4.69, 9.17) is 0 Å². The third kappa shape index (κ3) is 7.11. The molecular formula is C17H29N3O. The molecule has 118 valence electrons. The summed E-state index contributed by atoms with van der Waals surface area (Å²) in [6, 6.07) is 3.64. The summed E-state index contributed by atoms with van der Waals surface area (Å²) < 4.78 is 0. The number of aromatic nitrogens is 1. The summed E-state index contributed by atoms with van der Waals surface area (Å²) >= 11 is 0. The Bertz CT molecular complexity index is 432. The van der Waals surface area contributed by atoms with Gasteiger partial charge in [-0.25, -0.2) is 4.98 Å². The van der Waals surface area contributed by atoms with Gasteiger partial charge < -0.3 is 10.6 Å². The number of aryl methyl sites for hydroxylation is 1. The molecule has 0 saturated heterocycles. The maximum absolute atomic E-state index is 12.1. The topological polar surface area (TPSA) is 54.0 Å². The minimum absolute atomic E-state index is 0.00629. The van der Waals surface area contributed by atoms with Gasteiger partial charge in [-0.3, -0.25) is 4.79 Å². The summed E-state index contributed by atoms with van der Waals surface area (Å²) in [5.41, 5.74) is 1.54. The van der Waals surface area contributed by atoms with Gasteiger partial charge >= 0.3 is 0 Å². The number of hydrogen-bond acceptors (Lipinski definition) is 3. The van der Waals surface area contributed by atoms with Crippen LogP contribution < -0.4 is 10.6 Å². The average molecular weight is 291 g/mol. The van der Waals surface area contributed by atoms with Gasteiger partial charge in [0.15, 0.2) is 0 Å². The van der Waals surface area contributed by atoms with E-state index in [1.54, 1.807) is 0 Å². The summed E-state index contributed by atoms with van der Waals surface area (Å²) in [5.74, 6) is 0.760. The second-order valence-electron chi connectivity index (χ2n) is 5.44. The van der Waals surface area contributed by atoms with Gasteiger partial charge in [0.25, 0.3) is 5.91 Å². The summed E-state index contributed by atoms with van der Waals surface area (Å²) in [4.78, 5) is 16.5. The van der Waals surface area contributed by atoms with Crippen molar-refractivity contribution in [3.63, 3.8) is 0 Å². The van der Waals surface area contributed by atoms with E-state index < -0.39 is 0 Å². The monoisotopic (exact) mass is 291 g/mol. The van der Waals surface area contributed by atoms with Crippen LogP contribution in [0.15, 0.2) is 12.1 Å². The minimum Gasteiger partial charge on any atom is -0.370 e. The van der Waals surface area contributed by atoms with Gasteiger partial charge in [0.2, 0.25) is 0 Å². The highest BCUT2D eigenvalue weighted by Crippen LogP contribution is 2.10. The lowest BCUT2D eigenvalue weighted by Gasteiger charge is -2.09. The number of nitrogens with zero attached hydrogens (tertiary/aromatic N) is 1. The molecule has 21 heavy (non-hydrogen) atoms. The second kappa shape index (κ2) is 10.2. The number of rotatable bonds is 10. The molecule has 4 heteroatoms. The van der Waals surface area contributed by atoms with Crippen molar-refractivity contribution in [3.8, 4) is 0 Å². The number of hydrogen-bond donors (Lipinski definition) is 2. The molecule has 1 aromatic heterocycles. The molecule has 1 aromatic rings. The van der Waals surface area contributed by atoms with Crippen LogP contribution in [-0.2, 0) is 0 Å². The van der Waals surface area contributed by atoms with Crippen LogP contribution in [0, 0.1) is 6.92 Å². The zero-order valence-corrected chi connectivity index (χ0v) is 13.7. The largest absolute Gasteiger partial charge is 0.370 e. The highest BCUT2D eigenvalue weighted by Gasteiger charge is 2.07. The Morgan fingerprint density at radius 2 is 1.81 bits per heavy atom. The lowest BCUT2D eigenvalue weighted by Crippen LogP contribution is -2.24. The minimum atomic E-state index is -0.00629. The second-order valence-corrected chi connectivity index (χ2v) is 5.44. The molecule has 0 atom stereocenters. The molecule has 4 nitrogen and oxygen atoms in total. The highest BCUT2D eigenvalue weighted by atomic mass is 16.1. The quantitative estimate of drug-likeness (QED) is 0.643. The molecule has 1 amide bonds. The smallest absolute Gasteiger partial charge is 0.251 e. The van der Waals surface area contributed by atoms with Gasteiger partial charge in [-0.2, -0.15) is 0 Å². The Hall–Kier alpha value is -1.58. The first-order valence-corrected chi connectivity index (χ1v) is 8.18. The summed E-state index contributed by atoms with van der Waals surface area (Å²) in [7, 11) is 0. The normalized spacial score (nSPS) is 10.4. The Morgan fingerprint density at radius 3 is 2.52 bits per heavy atom. The van der Waals surface area contributed by atoms with Crippen LogP contribution in [0.2, 0.25) is 0 Å². The van der Waals surface area contributed by atoms with Crippen molar-refractivity contribution in [1.82, 2.24) is 10.3 Å². The highest BCUT2D eigenvalue weighted by molar-refractivity contribution is 5.94. The first-order chi connectivity index (χ1) is 10.2. The predicted molar refractivity (Wildman–Crippen MR) is 88.8 cm³/mol. The molecule has 0 bridgehead atoms. The van der Waals surface area contributed by atoms with Crippen molar-refractivity contribution in [2.45, 2.75) is 59.3 Å². The van der Waals surface area contributed by atoms with E-state index in [2.05, 4.69) is 22.5 Å². The average Bonchev–Trinajstić information content (AvgIpc) is 2.46. The SMILES string of the molecule is CCCCCCCCNC(=O)c1cc(C)nc(NCC)c1. The molecule has 0 radical (unpaired) electrons. The number of amides is 1. The number of pyridine rings is 1. The Labute approximate surface area is 128 Å². The van der Waals surface area contributed by atoms with Crippen molar-refractivity contribution in [2.24, 2.45) is 0 Å². The number of anilines is 1. The molecule has 0 spiro atoms. The third-order valence-corrected chi connectivity index (χ3v) is 3.39. The molecule has 0 saturated carbocycles. The standard InChI is InChI=1S/C17H29N3O/c1-4-6-7-8-9-10-11-19-17(21)15-12-14(3)20-16(13-15)18-5-2/h12-13H,4-11H2,1-3H3,(H,18,20)(H,19,21). The van der Waals surface area contributed by atoms with Crippen LogP contribution >= 0.6 is 0 Å². The van der Waals surface area contributed by atoms with Gasteiger partial charge in [-0.15, -0.1) is 0 Å². The van der Waals surface area contributed by atoms with Crippen LogP contribution in [-0.4, -0.2) is 24.0 Å². The van der Waals surface area contributed by atoms with Crippen LogP contribution in [0.1, 0.15) is 68.4 Å². The van der Waals surface area contributed by atoms with Crippen LogP contribution in [0.25, 0.3) is 0 Å².